The first kappa shape index (κ1) is 15.9. The van der Waals surface area contributed by atoms with Crippen molar-refractivity contribution >= 4 is 23.4 Å². The zero-order valence-electron chi connectivity index (χ0n) is 11.8. The van der Waals surface area contributed by atoms with Crippen LogP contribution in [0.5, 0.6) is 0 Å². The third-order valence-corrected chi connectivity index (χ3v) is 4.82. The standard InChI is InChI=1S/C15H24ClNS/c1-5-8-17-10-13-6-7-14(9-15(13)16)18-12(4)11(2)3/h6-7,9,11-12,17H,5,8,10H2,1-4H3. The maximum Gasteiger partial charge on any atom is 0.0462 e. The van der Waals surface area contributed by atoms with Crippen LogP contribution in [0.4, 0.5) is 0 Å². The molecule has 1 nitrogen and oxygen atoms in total. The molecular weight excluding hydrogens is 262 g/mol. The molecule has 1 aromatic rings. The van der Waals surface area contributed by atoms with Gasteiger partial charge in [-0.3, -0.25) is 0 Å². The van der Waals surface area contributed by atoms with E-state index in [2.05, 4.69) is 51.2 Å². The van der Waals surface area contributed by atoms with Crippen molar-refractivity contribution in [1.82, 2.24) is 5.32 Å². The quantitative estimate of drug-likeness (QED) is 0.560. The number of hydrogen-bond acceptors (Lipinski definition) is 2. The van der Waals surface area contributed by atoms with Crippen molar-refractivity contribution < 1.29 is 0 Å². The molecule has 0 bridgehead atoms. The van der Waals surface area contributed by atoms with Crippen molar-refractivity contribution in [1.29, 1.82) is 0 Å². The van der Waals surface area contributed by atoms with E-state index in [1.54, 1.807) is 0 Å². The zero-order chi connectivity index (χ0) is 13.5. The van der Waals surface area contributed by atoms with Crippen molar-refractivity contribution in [2.24, 2.45) is 5.92 Å². The minimum Gasteiger partial charge on any atom is -0.313 e. The summed E-state index contributed by atoms with van der Waals surface area (Å²) in [6, 6.07) is 6.41. The summed E-state index contributed by atoms with van der Waals surface area (Å²) in [6.07, 6.45) is 1.15. The minimum atomic E-state index is 0.616. The Morgan fingerprint density at radius 1 is 1.28 bits per heavy atom. The molecule has 0 aliphatic rings. The van der Waals surface area contributed by atoms with Gasteiger partial charge in [0.05, 0.1) is 0 Å². The van der Waals surface area contributed by atoms with Crippen LogP contribution in [0.25, 0.3) is 0 Å². The minimum absolute atomic E-state index is 0.616. The Morgan fingerprint density at radius 2 is 2.00 bits per heavy atom. The summed E-state index contributed by atoms with van der Waals surface area (Å²) in [4.78, 5) is 1.26. The first-order valence-corrected chi connectivity index (χ1v) is 7.96. The summed E-state index contributed by atoms with van der Waals surface area (Å²) in [5, 5.41) is 4.87. The average Bonchev–Trinajstić information content (AvgIpc) is 2.32. The number of benzene rings is 1. The van der Waals surface area contributed by atoms with E-state index < -0.39 is 0 Å². The maximum absolute atomic E-state index is 6.32. The zero-order valence-corrected chi connectivity index (χ0v) is 13.4. The van der Waals surface area contributed by atoms with E-state index in [0.29, 0.717) is 11.2 Å². The molecule has 18 heavy (non-hydrogen) atoms. The Morgan fingerprint density at radius 3 is 2.56 bits per heavy atom. The van der Waals surface area contributed by atoms with Gasteiger partial charge in [0.25, 0.3) is 0 Å². The molecule has 1 N–H and O–H groups in total. The Balaban J connectivity index is 2.61. The highest BCUT2D eigenvalue weighted by atomic mass is 35.5. The van der Waals surface area contributed by atoms with Gasteiger partial charge in [-0.15, -0.1) is 11.8 Å². The molecule has 0 saturated heterocycles. The highest BCUT2D eigenvalue weighted by molar-refractivity contribution is 8.00. The lowest BCUT2D eigenvalue weighted by Gasteiger charge is -2.15. The molecule has 1 aromatic carbocycles. The van der Waals surface area contributed by atoms with Gasteiger partial charge in [0.1, 0.15) is 0 Å². The van der Waals surface area contributed by atoms with Gasteiger partial charge in [0.2, 0.25) is 0 Å². The van der Waals surface area contributed by atoms with E-state index in [-0.39, 0.29) is 0 Å². The van der Waals surface area contributed by atoms with Crippen LogP contribution in [0, 0.1) is 5.92 Å². The topological polar surface area (TPSA) is 12.0 Å². The maximum atomic E-state index is 6.32. The normalized spacial score (nSPS) is 13.0. The Labute approximate surface area is 121 Å². The molecule has 0 aliphatic carbocycles. The molecule has 1 unspecified atom stereocenters. The predicted molar refractivity (Wildman–Crippen MR) is 83.6 cm³/mol. The van der Waals surface area contributed by atoms with Gasteiger partial charge in [-0.1, -0.05) is 45.4 Å². The number of halogens is 1. The van der Waals surface area contributed by atoms with Gasteiger partial charge < -0.3 is 5.32 Å². The predicted octanol–water partition coefficient (Wildman–Crippen LogP) is 4.98. The number of hydrogen-bond donors (Lipinski definition) is 1. The fraction of sp³-hybridized carbons (Fsp3) is 0.600. The molecule has 0 aliphatic heterocycles. The fourth-order valence-electron chi connectivity index (χ4n) is 1.50. The fourth-order valence-corrected chi connectivity index (χ4v) is 2.84. The molecule has 0 spiro atoms. The van der Waals surface area contributed by atoms with Crippen LogP contribution < -0.4 is 5.32 Å². The Kier molecular flexibility index (Phi) is 7.13. The van der Waals surface area contributed by atoms with Gasteiger partial charge in [0, 0.05) is 21.7 Å². The molecule has 0 saturated carbocycles. The number of rotatable bonds is 7. The van der Waals surface area contributed by atoms with Crippen molar-refractivity contribution in [3.8, 4) is 0 Å². The first-order chi connectivity index (χ1) is 8.54. The highest BCUT2D eigenvalue weighted by Gasteiger charge is 2.10. The summed E-state index contributed by atoms with van der Waals surface area (Å²) >= 11 is 8.22. The van der Waals surface area contributed by atoms with Crippen LogP contribution in [-0.4, -0.2) is 11.8 Å². The summed E-state index contributed by atoms with van der Waals surface area (Å²) in [5.74, 6) is 0.680. The van der Waals surface area contributed by atoms with Gasteiger partial charge >= 0.3 is 0 Å². The third-order valence-electron chi connectivity index (χ3n) is 3.03. The van der Waals surface area contributed by atoms with E-state index in [1.807, 2.05) is 11.8 Å². The molecule has 0 fully saturated rings. The number of thioether (sulfide) groups is 1. The van der Waals surface area contributed by atoms with Crippen LogP contribution in [0.15, 0.2) is 23.1 Å². The molecule has 0 amide bonds. The largest absolute Gasteiger partial charge is 0.313 e. The molecule has 0 radical (unpaired) electrons. The van der Waals surface area contributed by atoms with E-state index in [9.17, 15) is 0 Å². The van der Waals surface area contributed by atoms with Crippen molar-refractivity contribution in [3.05, 3.63) is 28.8 Å². The Bertz CT molecular complexity index is 366. The first-order valence-electron chi connectivity index (χ1n) is 6.70. The molecule has 3 heteroatoms. The van der Waals surface area contributed by atoms with Crippen LogP contribution in [0.1, 0.15) is 39.7 Å². The lowest BCUT2D eigenvalue weighted by Crippen LogP contribution is -2.14. The molecule has 102 valence electrons. The van der Waals surface area contributed by atoms with Crippen LogP contribution >= 0.6 is 23.4 Å². The van der Waals surface area contributed by atoms with E-state index in [1.165, 1.54) is 10.5 Å². The van der Waals surface area contributed by atoms with Crippen molar-refractivity contribution in [2.45, 2.75) is 50.8 Å². The lowest BCUT2D eigenvalue weighted by molar-refractivity contribution is 0.642. The molecule has 1 rings (SSSR count). The lowest BCUT2D eigenvalue weighted by atomic mass is 10.2. The summed E-state index contributed by atoms with van der Waals surface area (Å²) in [7, 11) is 0. The van der Waals surface area contributed by atoms with Crippen molar-refractivity contribution in [3.63, 3.8) is 0 Å². The number of nitrogens with one attached hydrogen (secondary N) is 1. The molecule has 0 aromatic heterocycles. The monoisotopic (exact) mass is 285 g/mol. The third kappa shape index (κ3) is 5.21. The summed E-state index contributed by atoms with van der Waals surface area (Å²) in [6.45, 7) is 10.8. The average molecular weight is 286 g/mol. The summed E-state index contributed by atoms with van der Waals surface area (Å²) in [5.41, 5.74) is 1.19. The molecule has 0 heterocycles. The van der Waals surface area contributed by atoms with E-state index in [0.717, 1.165) is 24.5 Å². The van der Waals surface area contributed by atoms with E-state index in [4.69, 9.17) is 11.6 Å². The van der Waals surface area contributed by atoms with Crippen molar-refractivity contribution in [2.75, 3.05) is 6.54 Å². The van der Waals surface area contributed by atoms with Gasteiger partial charge in [-0.2, -0.15) is 0 Å². The van der Waals surface area contributed by atoms with Crippen LogP contribution in [0.3, 0.4) is 0 Å². The Hall–Kier alpha value is -0.180. The highest BCUT2D eigenvalue weighted by Crippen LogP contribution is 2.30. The van der Waals surface area contributed by atoms with Gasteiger partial charge in [0.15, 0.2) is 0 Å². The molecular formula is C15H24ClNS. The van der Waals surface area contributed by atoms with Gasteiger partial charge in [-0.05, 0) is 36.6 Å². The second-order valence-corrected chi connectivity index (χ2v) is 6.85. The SMILES string of the molecule is CCCNCc1ccc(SC(C)C(C)C)cc1Cl. The van der Waals surface area contributed by atoms with Gasteiger partial charge in [-0.25, -0.2) is 0 Å². The van der Waals surface area contributed by atoms with Crippen LogP contribution in [-0.2, 0) is 6.54 Å². The smallest absolute Gasteiger partial charge is 0.0462 e. The second kappa shape index (κ2) is 8.08. The van der Waals surface area contributed by atoms with E-state index >= 15 is 0 Å². The molecule has 1 atom stereocenters. The van der Waals surface area contributed by atoms with Crippen LogP contribution in [0.2, 0.25) is 5.02 Å². The second-order valence-electron chi connectivity index (χ2n) is 5.00. The summed E-state index contributed by atoms with van der Waals surface area (Å²) < 4.78 is 0.